The normalized spacial score (nSPS) is 16.2. The van der Waals surface area contributed by atoms with Gasteiger partial charge in [-0.1, -0.05) is 30.3 Å². The summed E-state index contributed by atoms with van der Waals surface area (Å²) < 4.78 is 11.5. The van der Waals surface area contributed by atoms with Crippen molar-refractivity contribution in [1.82, 2.24) is 5.32 Å². The fourth-order valence-corrected chi connectivity index (χ4v) is 3.04. The Labute approximate surface area is 144 Å². The monoisotopic (exact) mass is 333 g/mol. The number of benzene rings is 2. The smallest absolute Gasteiger partial charge is 0.161 e. The van der Waals surface area contributed by atoms with E-state index in [9.17, 15) is 0 Å². The van der Waals surface area contributed by atoms with Crippen LogP contribution >= 0.6 is 12.4 Å². The maximum atomic E-state index is 5.79. The van der Waals surface area contributed by atoms with E-state index in [-0.39, 0.29) is 18.4 Å². The number of rotatable bonds is 5. The standard InChI is InChI=1S/C19H23NO2.ClH/c1-3-21-17-12-15-10-11-20-19(14-8-6-5-7-9-14)16(15)13-18(17)22-4-2;/h5-9,12-13,19-20H,3-4,10-11H2,1-2H3;1H. The van der Waals surface area contributed by atoms with E-state index in [4.69, 9.17) is 9.47 Å². The number of halogens is 1. The number of hydrogen-bond donors (Lipinski definition) is 1. The topological polar surface area (TPSA) is 30.5 Å². The van der Waals surface area contributed by atoms with Gasteiger partial charge in [-0.05, 0) is 49.1 Å². The zero-order valence-corrected chi connectivity index (χ0v) is 14.5. The molecule has 0 amide bonds. The molecule has 3 nitrogen and oxygen atoms in total. The molecule has 0 aromatic heterocycles. The van der Waals surface area contributed by atoms with Gasteiger partial charge in [0.05, 0.1) is 19.3 Å². The van der Waals surface area contributed by atoms with E-state index < -0.39 is 0 Å². The summed E-state index contributed by atoms with van der Waals surface area (Å²) in [5, 5.41) is 3.62. The SMILES string of the molecule is CCOc1cc2c(cc1OCC)C(c1ccccc1)NCC2.Cl. The van der Waals surface area contributed by atoms with E-state index in [2.05, 4.69) is 47.8 Å². The Morgan fingerprint density at radius 3 is 2.30 bits per heavy atom. The van der Waals surface area contributed by atoms with Crippen LogP contribution in [0.4, 0.5) is 0 Å². The molecule has 1 aliphatic heterocycles. The highest BCUT2D eigenvalue weighted by molar-refractivity contribution is 5.85. The van der Waals surface area contributed by atoms with Crippen LogP contribution in [0, 0.1) is 0 Å². The molecular formula is C19H24ClNO2. The summed E-state index contributed by atoms with van der Waals surface area (Å²) in [6, 6.07) is 15.1. The van der Waals surface area contributed by atoms with Gasteiger partial charge in [0, 0.05) is 6.54 Å². The second-order valence-electron chi connectivity index (χ2n) is 5.41. The summed E-state index contributed by atoms with van der Waals surface area (Å²) in [7, 11) is 0. The van der Waals surface area contributed by atoms with Gasteiger partial charge in [0.2, 0.25) is 0 Å². The highest BCUT2D eigenvalue weighted by Crippen LogP contribution is 2.37. The molecule has 3 rings (SSSR count). The Kier molecular flexibility index (Phi) is 6.31. The molecular weight excluding hydrogens is 310 g/mol. The minimum Gasteiger partial charge on any atom is -0.490 e. The van der Waals surface area contributed by atoms with E-state index in [0.29, 0.717) is 13.2 Å². The van der Waals surface area contributed by atoms with Gasteiger partial charge in [0.15, 0.2) is 11.5 Å². The first-order valence-electron chi connectivity index (χ1n) is 8.04. The van der Waals surface area contributed by atoms with Crippen LogP contribution in [-0.4, -0.2) is 19.8 Å². The van der Waals surface area contributed by atoms with Crippen LogP contribution in [0.1, 0.15) is 36.6 Å². The van der Waals surface area contributed by atoms with Crippen LogP contribution in [0.2, 0.25) is 0 Å². The van der Waals surface area contributed by atoms with Crippen LogP contribution in [0.3, 0.4) is 0 Å². The molecule has 124 valence electrons. The minimum absolute atomic E-state index is 0. The Morgan fingerprint density at radius 1 is 1.00 bits per heavy atom. The van der Waals surface area contributed by atoms with Gasteiger partial charge < -0.3 is 14.8 Å². The predicted molar refractivity (Wildman–Crippen MR) is 96.0 cm³/mol. The molecule has 1 unspecified atom stereocenters. The number of hydrogen-bond acceptors (Lipinski definition) is 3. The molecule has 1 heterocycles. The summed E-state index contributed by atoms with van der Waals surface area (Å²) in [5.41, 5.74) is 3.93. The van der Waals surface area contributed by atoms with Crippen LogP contribution in [0.5, 0.6) is 11.5 Å². The molecule has 0 aliphatic carbocycles. The van der Waals surface area contributed by atoms with Gasteiger partial charge in [0.1, 0.15) is 0 Å². The lowest BCUT2D eigenvalue weighted by molar-refractivity contribution is 0.286. The molecule has 2 aromatic carbocycles. The molecule has 0 bridgehead atoms. The first kappa shape index (κ1) is 17.6. The first-order valence-corrected chi connectivity index (χ1v) is 8.04. The Balaban J connectivity index is 0.00000192. The summed E-state index contributed by atoms with van der Waals surface area (Å²) in [6.07, 6.45) is 1.02. The van der Waals surface area contributed by atoms with E-state index in [1.165, 1.54) is 16.7 Å². The second kappa shape index (κ2) is 8.23. The Morgan fingerprint density at radius 2 is 1.65 bits per heavy atom. The second-order valence-corrected chi connectivity index (χ2v) is 5.41. The maximum absolute atomic E-state index is 5.79. The Hall–Kier alpha value is -1.71. The quantitative estimate of drug-likeness (QED) is 0.892. The summed E-state index contributed by atoms with van der Waals surface area (Å²) >= 11 is 0. The Bertz CT molecular complexity index is 631. The fourth-order valence-electron chi connectivity index (χ4n) is 3.04. The third-order valence-corrected chi connectivity index (χ3v) is 3.99. The third-order valence-electron chi connectivity index (χ3n) is 3.99. The van der Waals surface area contributed by atoms with Crippen LogP contribution in [0.25, 0.3) is 0 Å². The van der Waals surface area contributed by atoms with Gasteiger partial charge in [0.25, 0.3) is 0 Å². The maximum Gasteiger partial charge on any atom is 0.161 e. The van der Waals surface area contributed by atoms with Crippen LogP contribution < -0.4 is 14.8 Å². The number of nitrogens with one attached hydrogen (secondary N) is 1. The minimum atomic E-state index is 0. The lowest BCUT2D eigenvalue weighted by Crippen LogP contribution is -2.30. The van der Waals surface area contributed by atoms with Crippen molar-refractivity contribution in [3.8, 4) is 11.5 Å². The summed E-state index contributed by atoms with van der Waals surface area (Å²) in [4.78, 5) is 0. The van der Waals surface area contributed by atoms with Crippen LogP contribution in [0.15, 0.2) is 42.5 Å². The molecule has 1 N–H and O–H groups in total. The lowest BCUT2D eigenvalue weighted by Gasteiger charge is -2.28. The van der Waals surface area contributed by atoms with Crippen molar-refractivity contribution >= 4 is 12.4 Å². The average Bonchev–Trinajstić information content (AvgIpc) is 2.56. The van der Waals surface area contributed by atoms with Crippen molar-refractivity contribution in [1.29, 1.82) is 0 Å². The van der Waals surface area contributed by atoms with Gasteiger partial charge >= 0.3 is 0 Å². The van der Waals surface area contributed by atoms with Crippen molar-refractivity contribution in [2.75, 3.05) is 19.8 Å². The van der Waals surface area contributed by atoms with Crippen molar-refractivity contribution in [2.45, 2.75) is 26.3 Å². The van der Waals surface area contributed by atoms with Crippen molar-refractivity contribution in [3.05, 3.63) is 59.2 Å². The predicted octanol–water partition coefficient (Wildman–Crippen LogP) is 4.14. The first-order chi connectivity index (χ1) is 10.8. The zero-order chi connectivity index (χ0) is 15.4. The van der Waals surface area contributed by atoms with E-state index >= 15 is 0 Å². The largest absolute Gasteiger partial charge is 0.490 e. The van der Waals surface area contributed by atoms with Crippen LogP contribution in [-0.2, 0) is 6.42 Å². The van der Waals surface area contributed by atoms with E-state index in [0.717, 1.165) is 24.5 Å². The van der Waals surface area contributed by atoms with Crippen molar-refractivity contribution in [2.24, 2.45) is 0 Å². The van der Waals surface area contributed by atoms with Crippen molar-refractivity contribution < 1.29 is 9.47 Å². The molecule has 2 aromatic rings. The molecule has 1 aliphatic rings. The highest BCUT2D eigenvalue weighted by Gasteiger charge is 2.23. The number of ether oxygens (including phenoxy) is 2. The molecule has 0 fully saturated rings. The van der Waals surface area contributed by atoms with Gasteiger partial charge in [-0.3, -0.25) is 0 Å². The molecule has 1 atom stereocenters. The van der Waals surface area contributed by atoms with Crippen molar-refractivity contribution in [3.63, 3.8) is 0 Å². The molecule has 4 heteroatoms. The zero-order valence-electron chi connectivity index (χ0n) is 13.7. The van der Waals surface area contributed by atoms with Gasteiger partial charge in [-0.15, -0.1) is 12.4 Å². The fraction of sp³-hybridized carbons (Fsp3) is 0.368. The number of fused-ring (bicyclic) bond motifs is 1. The average molecular weight is 334 g/mol. The van der Waals surface area contributed by atoms with E-state index in [1.807, 2.05) is 13.8 Å². The highest BCUT2D eigenvalue weighted by atomic mass is 35.5. The summed E-state index contributed by atoms with van der Waals surface area (Å²) in [5.74, 6) is 1.70. The van der Waals surface area contributed by atoms with Gasteiger partial charge in [-0.2, -0.15) is 0 Å². The lowest BCUT2D eigenvalue weighted by atomic mass is 9.89. The molecule has 0 saturated carbocycles. The van der Waals surface area contributed by atoms with Gasteiger partial charge in [-0.25, -0.2) is 0 Å². The third kappa shape index (κ3) is 3.80. The molecule has 0 radical (unpaired) electrons. The molecule has 0 spiro atoms. The molecule has 23 heavy (non-hydrogen) atoms. The molecule has 0 saturated heterocycles. The van der Waals surface area contributed by atoms with E-state index in [1.54, 1.807) is 0 Å². The summed E-state index contributed by atoms with van der Waals surface area (Å²) in [6.45, 7) is 6.28.